The zero-order valence-corrected chi connectivity index (χ0v) is 12.1. The summed E-state index contributed by atoms with van der Waals surface area (Å²) in [5, 5.41) is 0. The average Bonchev–Trinajstić information content (AvgIpc) is 2.19. The Hall–Kier alpha value is -0.370. The summed E-state index contributed by atoms with van der Waals surface area (Å²) in [4.78, 5) is 11.6. The van der Waals surface area contributed by atoms with Crippen molar-refractivity contribution >= 4 is 5.78 Å². The fourth-order valence-corrected chi connectivity index (χ4v) is 2.05. The number of rotatable bonds is 11. The molecule has 0 rings (SSSR count). The van der Waals surface area contributed by atoms with Crippen molar-refractivity contribution in [3.8, 4) is 0 Å². The SMILES string of the molecule is CCCCCCCCCCC(=O)CC(C)(C)N. The van der Waals surface area contributed by atoms with Crippen LogP contribution in [0.25, 0.3) is 0 Å². The maximum absolute atomic E-state index is 11.6. The first-order chi connectivity index (χ1) is 7.95. The summed E-state index contributed by atoms with van der Waals surface area (Å²) >= 11 is 0. The molecule has 0 radical (unpaired) electrons. The third-order valence-corrected chi connectivity index (χ3v) is 2.96. The van der Waals surface area contributed by atoms with Gasteiger partial charge in [-0.05, 0) is 20.3 Å². The van der Waals surface area contributed by atoms with E-state index in [1.54, 1.807) is 0 Å². The van der Waals surface area contributed by atoms with E-state index in [0.717, 1.165) is 12.8 Å². The zero-order valence-electron chi connectivity index (χ0n) is 12.1. The Kier molecular flexibility index (Phi) is 9.43. The van der Waals surface area contributed by atoms with Crippen LogP contribution < -0.4 is 5.73 Å². The molecule has 0 aliphatic heterocycles. The van der Waals surface area contributed by atoms with E-state index in [4.69, 9.17) is 5.73 Å². The van der Waals surface area contributed by atoms with Gasteiger partial charge in [0.15, 0.2) is 0 Å². The van der Waals surface area contributed by atoms with Crippen LogP contribution in [0.4, 0.5) is 0 Å². The maximum atomic E-state index is 11.6. The van der Waals surface area contributed by atoms with Gasteiger partial charge in [0.1, 0.15) is 5.78 Å². The number of hydrogen-bond acceptors (Lipinski definition) is 2. The van der Waals surface area contributed by atoms with E-state index in [9.17, 15) is 4.79 Å². The topological polar surface area (TPSA) is 43.1 Å². The summed E-state index contributed by atoms with van der Waals surface area (Å²) in [6.45, 7) is 6.07. The number of Topliss-reactive ketones (excluding diaryl/α,β-unsaturated/α-hetero) is 1. The Morgan fingerprint density at radius 2 is 1.41 bits per heavy atom. The van der Waals surface area contributed by atoms with Crippen molar-refractivity contribution in [2.24, 2.45) is 5.73 Å². The first-order valence-corrected chi connectivity index (χ1v) is 7.26. The van der Waals surface area contributed by atoms with Gasteiger partial charge in [-0.2, -0.15) is 0 Å². The summed E-state index contributed by atoms with van der Waals surface area (Å²) in [5.74, 6) is 0.323. The van der Waals surface area contributed by atoms with E-state index in [0.29, 0.717) is 12.2 Å². The standard InChI is InChI=1S/C15H31NO/c1-4-5-6-7-8-9-10-11-12-14(17)13-15(2,3)16/h4-13,16H2,1-3H3. The second kappa shape index (κ2) is 9.64. The van der Waals surface area contributed by atoms with Crippen LogP contribution in [0.3, 0.4) is 0 Å². The molecule has 0 aliphatic carbocycles. The molecule has 0 aromatic heterocycles. The molecular formula is C15H31NO. The van der Waals surface area contributed by atoms with Crippen molar-refractivity contribution < 1.29 is 4.79 Å². The highest BCUT2D eigenvalue weighted by Gasteiger charge is 2.15. The van der Waals surface area contributed by atoms with Crippen LogP contribution in [0.2, 0.25) is 0 Å². The van der Waals surface area contributed by atoms with E-state index in [-0.39, 0.29) is 5.54 Å². The van der Waals surface area contributed by atoms with Gasteiger partial charge in [0, 0.05) is 18.4 Å². The first-order valence-electron chi connectivity index (χ1n) is 7.26. The normalized spacial score (nSPS) is 11.8. The summed E-state index contributed by atoms with van der Waals surface area (Å²) < 4.78 is 0. The lowest BCUT2D eigenvalue weighted by atomic mass is 9.96. The molecule has 17 heavy (non-hydrogen) atoms. The lowest BCUT2D eigenvalue weighted by Crippen LogP contribution is -2.34. The third-order valence-electron chi connectivity index (χ3n) is 2.96. The fraction of sp³-hybridized carbons (Fsp3) is 0.933. The van der Waals surface area contributed by atoms with Crippen molar-refractivity contribution in [3.63, 3.8) is 0 Å². The average molecular weight is 241 g/mol. The smallest absolute Gasteiger partial charge is 0.134 e. The van der Waals surface area contributed by atoms with Gasteiger partial charge in [-0.15, -0.1) is 0 Å². The van der Waals surface area contributed by atoms with E-state index >= 15 is 0 Å². The highest BCUT2D eigenvalue weighted by molar-refractivity contribution is 5.79. The minimum absolute atomic E-state index is 0.323. The quantitative estimate of drug-likeness (QED) is 0.550. The second-order valence-corrected chi connectivity index (χ2v) is 5.93. The molecule has 0 saturated carbocycles. The Morgan fingerprint density at radius 1 is 0.941 bits per heavy atom. The summed E-state index contributed by atoms with van der Waals surface area (Å²) in [7, 11) is 0. The molecular weight excluding hydrogens is 210 g/mol. The molecule has 0 heterocycles. The number of hydrogen-bond donors (Lipinski definition) is 1. The predicted molar refractivity (Wildman–Crippen MR) is 75.1 cm³/mol. The van der Waals surface area contributed by atoms with E-state index in [1.165, 1.54) is 44.9 Å². The molecule has 0 fully saturated rings. The molecule has 0 bridgehead atoms. The largest absolute Gasteiger partial charge is 0.325 e. The predicted octanol–water partition coefficient (Wildman–Crippen LogP) is 4.21. The molecule has 0 amide bonds. The molecule has 0 aliphatic rings. The first kappa shape index (κ1) is 16.6. The van der Waals surface area contributed by atoms with Gasteiger partial charge in [-0.25, -0.2) is 0 Å². The highest BCUT2D eigenvalue weighted by atomic mass is 16.1. The van der Waals surface area contributed by atoms with Crippen LogP contribution in [0.5, 0.6) is 0 Å². The number of carbonyl (C=O) groups excluding carboxylic acids is 1. The molecule has 2 N–H and O–H groups in total. The highest BCUT2D eigenvalue weighted by Crippen LogP contribution is 2.12. The molecule has 2 heteroatoms. The van der Waals surface area contributed by atoms with Gasteiger partial charge in [0.2, 0.25) is 0 Å². The van der Waals surface area contributed by atoms with Crippen LogP contribution in [-0.2, 0) is 4.79 Å². The molecule has 0 aromatic carbocycles. The second-order valence-electron chi connectivity index (χ2n) is 5.93. The maximum Gasteiger partial charge on any atom is 0.134 e. The molecule has 0 unspecified atom stereocenters. The summed E-state index contributed by atoms with van der Waals surface area (Å²) in [5.41, 5.74) is 5.48. The number of nitrogens with two attached hydrogens (primary N) is 1. The molecule has 0 aromatic rings. The summed E-state index contributed by atoms with van der Waals surface area (Å²) in [6.07, 6.45) is 11.5. The van der Waals surface area contributed by atoms with Gasteiger partial charge in [-0.1, -0.05) is 51.9 Å². The summed E-state index contributed by atoms with van der Waals surface area (Å²) in [6, 6.07) is 0. The Balaban J connectivity index is 3.25. The van der Waals surface area contributed by atoms with Crippen LogP contribution in [0, 0.1) is 0 Å². The van der Waals surface area contributed by atoms with Crippen LogP contribution in [-0.4, -0.2) is 11.3 Å². The molecule has 0 atom stereocenters. The molecule has 0 spiro atoms. The Morgan fingerprint density at radius 3 is 1.88 bits per heavy atom. The van der Waals surface area contributed by atoms with Crippen LogP contribution in [0.1, 0.15) is 85.0 Å². The van der Waals surface area contributed by atoms with E-state index in [1.807, 2.05) is 13.8 Å². The molecule has 2 nitrogen and oxygen atoms in total. The van der Waals surface area contributed by atoms with Gasteiger partial charge in [0.25, 0.3) is 0 Å². The molecule has 0 saturated heterocycles. The third kappa shape index (κ3) is 13.6. The fourth-order valence-electron chi connectivity index (χ4n) is 2.05. The molecule has 102 valence electrons. The Bertz CT molecular complexity index is 194. The number of carbonyl (C=O) groups is 1. The van der Waals surface area contributed by atoms with Crippen LogP contribution in [0.15, 0.2) is 0 Å². The van der Waals surface area contributed by atoms with E-state index in [2.05, 4.69) is 6.92 Å². The lowest BCUT2D eigenvalue weighted by molar-refractivity contribution is -0.120. The van der Waals surface area contributed by atoms with Crippen molar-refractivity contribution in [1.82, 2.24) is 0 Å². The number of ketones is 1. The van der Waals surface area contributed by atoms with E-state index < -0.39 is 0 Å². The minimum atomic E-state index is -0.336. The van der Waals surface area contributed by atoms with Gasteiger partial charge < -0.3 is 5.73 Å². The van der Waals surface area contributed by atoms with Gasteiger partial charge >= 0.3 is 0 Å². The van der Waals surface area contributed by atoms with Crippen molar-refractivity contribution in [2.45, 2.75) is 90.5 Å². The van der Waals surface area contributed by atoms with Crippen molar-refractivity contribution in [1.29, 1.82) is 0 Å². The Labute approximate surface area is 107 Å². The van der Waals surface area contributed by atoms with Gasteiger partial charge in [-0.3, -0.25) is 4.79 Å². The van der Waals surface area contributed by atoms with Crippen molar-refractivity contribution in [3.05, 3.63) is 0 Å². The monoisotopic (exact) mass is 241 g/mol. The van der Waals surface area contributed by atoms with Gasteiger partial charge in [0.05, 0.1) is 0 Å². The minimum Gasteiger partial charge on any atom is -0.325 e. The number of unbranched alkanes of at least 4 members (excludes halogenated alkanes) is 7. The van der Waals surface area contributed by atoms with Crippen molar-refractivity contribution in [2.75, 3.05) is 0 Å². The van der Waals surface area contributed by atoms with Crippen LogP contribution >= 0.6 is 0 Å². The lowest BCUT2D eigenvalue weighted by Gasteiger charge is -2.16. The zero-order chi connectivity index (χ0) is 13.1.